The molecule has 0 aromatic heterocycles. The normalized spacial score (nSPS) is 13.7. The van der Waals surface area contributed by atoms with E-state index in [9.17, 15) is 19.1 Å². The fraction of sp³-hybridized carbons (Fsp3) is 0.250. The Balaban J connectivity index is 2.46. The van der Waals surface area contributed by atoms with Crippen molar-refractivity contribution in [2.45, 2.75) is 25.8 Å². The van der Waals surface area contributed by atoms with Crippen LogP contribution in [0.3, 0.4) is 0 Å². The molecular weight excluding hydrogens is 273 g/mol. The van der Waals surface area contributed by atoms with Crippen LogP contribution in [0.2, 0.25) is 0 Å². The van der Waals surface area contributed by atoms with Crippen LogP contribution in [-0.2, 0) is 4.79 Å². The average molecular weight is 289 g/mol. The van der Waals surface area contributed by atoms with Gasteiger partial charge in [-0.15, -0.1) is 0 Å². The molecule has 0 spiro atoms. The van der Waals surface area contributed by atoms with Crippen LogP contribution in [0.4, 0.5) is 4.39 Å². The third-order valence-electron chi connectivity index (χ3n) is 3.68. The molecule has 2 aromatic carbocycles. The molecule has 4 nitrogen and oxygen atoms in total. The van der Waals surface area contributed by atoms with E-state index in [0.29, 0.717) is 10.8 Å². The summed E-state index contributed by atoms with van der Waals surface area (Å²) in [5.41, 5.74) is -1.10. The summed E-state index contributed by atoms with van der Waals surface area (Å²) in [4.78, 5) is 23.6. The van der Waals surface area contributed by atoms with Gasteiger partial charge >= 0.3 is 5.97 Å². The highest BCUT2D eigenvalue weighted by Gasteiger charge is 2.33. The second-order valence-corrected chi connectivity index (χ2v) is 5.09. The standard InChI is InChI=1S/C16H16FNO3/c1-3-16(2,15(20)21)18-14(19)12-8-9-13(17)11-7-5-4-6-10(11)12/h4-9H,3H2,1-2H3,(H,18,19)(H,20,21). The number of amides is 1. The number of carboxylic acid groups (broad SMARTS) is 1. The second-order valence-electron chi connectivity index (χ2n) is 5.09. The summed E-state index contributed by atoms with van der Waals surface area (Å²) in [5.74, 6) is -2.05. The summed E-state index contributed by atoms with van der Waals surface area (Å²) < 4.78 is 13.7. The zero-order valence-electron chi connectivity index (χ0n) is 11.8. The van der Waals surface area contributed by atoms with Crippen molar-refractivity contribution in [3.63, 3.8) is 0 Å². The summed E-state index contributed by atoms with van der Waals surface area (Å²) >= 11 is 0. The maximum absolute atomic E-state index is 13.7. The van der Waals surface area contributed by atoms with E-state index in [-0.39, 0.29) is 12.0 Å². The van der Waals surface area contributed by atoms with E-state index in [1.54, 1.807) is 31.2 Å². The molecular formula is C16H16FNO3. The molecule has 2 rings (SSSR count). The fourth-order valence-electron chi connectivity index (χ4n) is 2.07. The second kappa shape index (κ2) is 5.52. The third-order valence-corrected chi connectivity index (χ3v) is 3.68. The minimum absolute atomic E-state index is 0.243. The van der Waals surface area contributed by atoms with Crippen LogP contribution >= 0.6 is 0 Å². The van der Waals surface area contributed by atoms with Crippen molar-refractivity contribution in [1.29, 1.82) is 0 Å². The van der Waals surface area contributed by atoms with E-state index >= 15 is 0 Å². The quantitative estimate of drug-likeness (QED) is 0.909. The van der Waals surface area contributed by atoms with Gasteiger partial charge in [-0.3, -0.25) is 4.79 Å². The van der Waals surface area contributed by atoms with Gasteiger partial charge in [0.25, 0.3) is 5.91 Å². The van der Waals surface area contributed by atoms with Crippen molar-refractivity contribution in [1.82, 2.24) is 5.32 Å². The van der Waals surface area contributed by atoms with Crippen LogP contribution in [0, 0.1) is 5.82 Å². The lowest BCUT2D eigenvalue weighted by Gasteiger charge is -2.25. The molecule has 2 N–H and O–H groups in total. The van der Waals surface area contributed by atoms with E-state index in [0.717, 1.165) is 0 Å². The van der Waals surface area contributed by atoms with Gasteiger partial charge in [-0.2, -0.15) is 0 Å². The number of hydrogen-bond acceptors (Lipinski definition) is 2. The molecule has 0 saturated carbocycles. The van der Waals surface area contributed by atoms with Crippen molar-refractivity contribution in [2.24, 2.45) is 0 Å². The van der Waals surface area contributed by atoms with Gasteiger partial charge in [-0.1, -0.05) is 31.2 Å². The molecule has 0 bridgehead atoms. The molecule has 1 amide bonds. The maximum atomic E-state index is 13.7. The minimum Gasteiger partial charge on any atom is -0.480 e. The van der Waals surface area contributed by atoms with E-state index in [2.05, 4.69) is 5.32 Å². The van der Waals surface area contributed by atoms with Crippen LogP contribution < -0.4 is 5.32 Å². The Hall–Kier alpha value is -2.43. The number of aliphatic carboxylic acids is 1. The molecule has 1 atom stereocenters. The molecule has 0 radical (unpaired) electrons. The van der Waals surface area contributed by atoms with Crippen LogP contribution in [0.1, 0.15) is 30.6 Å². The van der Waals surface area contributed by atoms with E-state index in [1.165, 1.54) is 19.1 Å². The Kier molecular flexibility index (Phi) is 3.93. The van der Waals surface area contributed by atoms with Gasteiger partial charge in [-0.25, -0.2) is 9.18 Å². The lowest BCUT2D eigenvalue weighted by Crippen LogP contribution is -2.51. The Morgan fingerprint density at radius 1 is 1.19 bits per heavy atom. The smallest absolute Gasteiger partial charge is 0.329 e. The number of fused-ring (bicyclic) bond motifs is 1. The van der Waals surface area contributed by atoms with Gasteiger partial charge < -0.3 is 10.4 Å². The number of carboxylic acids is 1. The summed E-state index contributed by atoms with van der Waals surface area (Å²) in [6.07, 6.45) is 0.243. The predicted octanol–water partition coefficient (Wildman–Crippen LogP) is 2.96. The first-order valence-corrected chi connectivity index (χ1v) is 6.62. The summed E-state index contributed by atoms with van der Waals surface area (Å²) in [6.45, 7) is 3.12. The Morgan fingerprint density at radius 2 is 1.81 bits per heavy atom. The number of hydrogen-bond donors (Lipinski definition) is 2. The van der Waals surface area contributed by atoms with E-state index in [4.69, 9.17) is 0 Å². The van der Waals surface area contributed by atoms with Crippen LogP contribution in [0.5, 0.6) is 0 Å². The zero-order valence-corrected chi connectivity index (χ0v) is 11.8. The first kappa shape index (κ1) is 15.0. The molecule has 2 aromatic rings. The average Bonchev–Trinajstić information content (AvgIpc) is 2.47. The molecule has 110 valence electrons. The van der Waals surface area contributed by atoms with Gasteiger partial charge in [0.1, 0.15) is 11.4 Å². The molecule has 0 aliphatic rings. The number of carbonyl (C=O) groups excluding carboxylic acids is 1. The summed E-state index contributed by atoms with van der Waals surface area (Å²) in [7, 11) is 0. The van der Waals surface area contributed by atoms with Crippen molar-refractivity contribution >= 4 is 22.6 Å². The SMILES string of the molecule is CCC(C)(NC(=O)c1ccc(F)c2ccccc12)C(=O)O. The lowest BCUT2D eigenvalue weighted by molar-refractivity contribution is -0.143. The van der Waals surface area contributed by atoms with Crippen molar-refractivity contribution < 1.29 is 19.1 Å². The highest BCUT2D eigenvalue weighted by molar-refractivity contribution is 6.08. The molecule has 0 aliphatic carbocycles. The molecule has 0 aliphatic heterocycles. The number of rotatable bonds is 4. The number of halogens is 1. The summed E-state index contributed by atoms with van der Waals surface area (Å²) in [5, 5.41) is 12.5. The van der Waals surface area contributed by atoms with Gasteiger partial charge in [-0.05, 0) is 30.9 Å². The predicted molar refractivity (Wildman–Crippen MR) is 77.7 cm³/mol. The zero-order chi connectivity index (χ0) is 15.6. The Morgan fingerprint density at radius 3 is 2.38 bits per heavy atom. The number of carbonyl (C=O) groups is 2. The van der Waals surface area contributed by atoms with Gasteiger partial charge in [0, 0.05) is 10.9 Å². The largest absolute Gasteiger partial charge is 0.480 e. The van der Waals surface area contributed by atoms with Crippen LogP contribution in [0.15, 0.2) is 36.4 Å². The first-order chi connectivity index (χ1) is 9.89. The molecule has 0 fully saturated rings. The van der Waals surface area contributed by atoms with Crippen LogP contribution in [0.25, 0.3) is 10.8 Å². The van der Waals surface area contributed by atoms with Crippen LogP contribution in [-0.4, -0.2) is 22.5 Å². The number of benzene rings is 2. The van der Waals surface area contributed by atoms with Gasteiger partial charge in [0.2, 0.25) is 0 Å². The summed E-state index contributed by atoms with van der Waals surface area (Å²) in [6, 6.07) is 9.18. The first-order valence-electron chi connectivity index (χ1n) is 6.62. The van der Waals surface area contributed by atoms with Crippen molar-refractivity contribution in [3.8, 4) is 0 Å². The highest BCUT2D eigenvalue weighted by atomic mass is 19.1. The minimum atomic E-state index is -1.35. The molecule has 21 heavy (non-hydrogen) atoms. The van der Waals surface area contributed by atoms with E-state index in [1.807, 2.05) is 0 Å². The Labute approximate surface area is 121 Å². The van der Waals surface area contributed by atoms with E-state index < -0.39 is 23.2 Å². The van der Waals surface area contributed by atoms with Gasteiger partial charge in [0.15, 0.2) is 0 Å². The molecule has 1 unspecified atom stereocenters. The van der Waals surface area contributed by atoms with Gasteiger partial charge in [0.05, 0.1) is 0 Å². The fourth-order valence-corrected chi connectivity index (χ4v) is 2.07. The third kappa shape index (κ3) is 2.72. The van der Waals surface area contributed by atoms with Crippen molar-refractivity contribution in [3.05, 3.63) is 47.8 Å². The topological polar surface area (TPSA) is 66.4 Å². The van der Waals surface area contributed by atoms with Crippen molar-refractivity contribution in [2.75, 3.05) is 0 Å². The highest BCUT2D eigenvalue weighted by Crippen LogP contribution is 2.22. The molecule has 5 heteroatoms. The maximum Gasteiger partial charge on any atom is 0.329 e. The molecule has 0 heterocycles. The lowest BCUT2D eigenvalue weighted by atomic mass is 9.97. The Bertz CT molecular complexity index is 714. The number of nitrogens with one attached hydrogen (secondary N) is 1. The molecule has 0 saturated heterocycles. The monoisotopic (exact) mass is 289 g/mol.